The van der Waals surface area contributed by atoms with E-state index in [1.807, 2.05) is 20.9 Å². The number of nitrogens with zero attached hydrogens (tertiary/aromatic N) is 3. The molecular weight excluding hydrogens is 393 g/mol. The lowest BCUT2D eigenvalue weighted by Gasteiger charge is -2.13. The molecular formula is C22H27ClFN3O2. The van der Waals surface area contributed by atoms with Gasteiger partial charge in [-0.15, -0.1) is 0 Å². The average molecular weight is 420 g/mol. The van der Waals surface area contributed by atoms with Crippen molar-refractivity contribution in [2.75, 3.05) is 6.61 Å². The molecule has 1 fully saturated rings. The smallest absolute Gasteiger partial charge is 0.221 e. The van der Waals surface area contributed by atoms with Crippen LogP contribution in [0.4, 0.5) is 4.39 Å². The Kier molecular flexibility index (Phi) is 7.31. The molecule has 0 radical (unpaired) electrons. The molecule has 1 aliphatic rings. The van der Waals surface area contributed by atoms with Crippen LogP contribution >= 0.6 is 11.6 Å². The highest BCUT2D eigenvalue weighted by molar-refractivity contribution is 6.30. The fourth-order valence-electron chi connectivity index (χ4n) is 3.58. The number of aryl methyl sites for hydroxylation is 2. The Morgan fingerprint density at radius 1 is 1.31 bits per heavy atom. The Balaban J connectivity index is 1.67. The second kappa shape index (κ2) is 9.92. The number of benzene rings is 1. The van der Waals surface area contributed by atoms with Crippen LogP contribution in [0.15, 0.2) is 35.2 Å². The summed E-state index contributed by atoms with van der Waals surface area (Å²) in [6.45, 7) is 3.55. The van der Waals surface area contributed by atoms with Gasteiger partial charge in [0.1, 0.15) is 11.9 Å². The van der Waals surface area contributed by atoms with E-state index >= 15 is 0 Å². The summed E-state index contributed by atoms with van der Waals surface area (Å²) in [4.78, 5) is 5.23. The summed E-state index contributed by atoms with van der Waals surface area (Å²) in [7, 11) is 1.84. The van der Waals surface area contributed by atoms with Crippen molar-refractivity contribution >= 4 is 23.4 Å². The summed E-state index contributed by atoms with van der Waals surface area (Å²) in [5.41, 5.74) is 2.92. The van der Waals surface area contributed by atoms with Gasteiger partial charge in [0.25, 0.3) is 0 Å². The van der Waals surface area contributed by atoms with Gasteiger partial charge in [0.05, 0.1) is 17.5 Å². The molecule has 0 unspecified atom stereocenters. The summed E-state index contributed by atoms with van der Waals surface area (Å²) >= 11 is 5.91. The molecule has 3 rings (SSSR count). The molecule has 0 bridgehead atoms. The normalized spacial score (nSPS) is 15.8. The van der Waals surface area contributed by atoms with E-state index in [1.54, 1.807) is 35.2 Å². The van der Waals surface area contributed by atoms with Gasteiger partial charge in [-0.2, -0.15) is 5.10 Å². The highest BCUT2D eigenvalue weighted by Gasteiger charge is 2.21. The topological polar surface area (TPSA) is 48.6 Å². The standard InChI is InChI=1S/C22H27ClFN3O2/c1-4-19(16-9-11-17(23)12-10-16)21(24)14-28-25-13-20-15(2)26-27(3)22(20)29-18-7-5-6-8-18/h9-13,18H,4-8,14H2,1-3H3. The van der Waals surface area contributed by atoms with Gasteiger partial charge in [0.2, 0.25) is 5.88 Å². The Morgan fingerprint density at radius 2 is 2.00 bits per heavy atom. The van der Waals surface area contributed by atoms with Crippen molar-refractivity contribution in [2.24, 2.45) is 12.2 Å². The van der Waals surface area contributed by atoms with Gasteiger partial charge >= 0.3 is 0 Å². The van der Waals surface area contributed by atoms with Gasteiger partial charge in [-0.3, -0.25) is 0 Å². The number of ether oxygens (including phenoxy) is 1. The van der Waals surface area contributed by atoms with Crippen LogP contribution in [0.5, 0.6) is 5.88 Å². The zero-order valence-corrected chi connectivity index (χ0v) is 17.9. The maximum Gasteiger partial charge on any atom is 0.221 e. The zero-order valence-electron chi connectivity index (χ0n) is 17.1. The van der Waals surface area contributed by atoms with Crippen molar-refractivity contribution in [3.8, 4) is 5.88 Å². The SMILES string of the molecule is CCC(=C(F)CON=Cc1c(C)nn(C)c1OC1CCCC1)c1ccc(Cl)cc1. The molecule has 1 saturated carbocycles. The average Bonchev–Trinajstić information content (AvgIpc) is 3.30. The van der Waals surface area contributed by atoms with E-state index in [0.29, 0.717) is 22.9 Å². The number of allylic oxidation sites excluding steroid dienone is 1. The Labute approximate surface area is 176 Å². The van der Waals surface area contributed by atoms with Crippen molar-refractivity contribution in [1.29, 1.82) is 0 Å². The molecule has 2 aromatic rings. The van der Waals surface area contributed by atoms with Crippen molar-refractivity contribution < 1.29 is 14.0 Å². The number of halogens is 2. The first-order valence-electron chi connectivity index (χ1n) is 9.98. The van der Waals surface area contributed by atoms with Gasteiger partial charge in [-0.05, 0) is 62.3 Å². The molecule has 1 aliphatic carbocycles. The molecule has 156 valence electrons. The van der Waals surface area contributed by atoms with Gasteiger partial charge in [-0.25, -0.2) is 9.07 Å². The van der Waals surface area contributed by atoms with Gasteiger partial charge in [0, 0.05) is 12.1 Å². The van der Waals surface area contributed by atoms with Crippen molar-refractivity contribution in [1.82, 2.24) is 9.78 Å². The molecule has 1 aromatic heterocycles. The van der Waals surface area contributed by atoms with E-state index in [0.717, 1.165) is 29.7 Å². The quantitative estimate of drug-likeness (QED) is 0.398. The number of hydrogen-bond donors (Lipinski definition) is 0. The highest BCUT2D eigenvalue weighted by Crippen LogP contribution is 2.28. The second-order valence-electron chi connectivity index (χ2n) is 7.20. The van der Waals surface area contributed by atoms with Crippen molar-refractivity contribution in [3.63, 3.8) is 0 Å². The second-order valence-corrected chi connectivity index (χ2v) is 7.64. The van der Waals surface area contributed by atoms with Crippen molar-refractivity contribution in [3.05, 3.63) is 51.9 Å². The molecule has 5 nitrogen and oxygen atoms in total. The minimum atomic E-state index is -0.350. The highest BCUT2D eigenvalue weighted by atomic mass is 35.5. The van der Waals surface area contributed by atoms with Gasteiger partial charge in [-0.1, -0.05) is 35.8 Å². The number of hydrogen-bond acceptors (Lipinski definition) is 4. The van der Waals surface area contributed by atoms with Crippen LogP contribution in [0.2, 0.25) is 5.02 Å². The molecule has 0 spiro atoms. The lowest BCUT2D eigenvalue weighted by molar-refractivity contribution is 0.154. The number of rotatable bonds is 8. The fourth-order valence-corrected chi connectivity index (χ4v) is 3.71. The van der Waals surface area contributed by atoms with Gasteiger partial charge in [0.15, 0.2) is 6.61 Å². The third-order valence-electron chi connectivity index (χ3n) is 5.12. The van der Waals surface area contributed by atoms with E-state index in [1.165, 1.54) is 12.8 Å². The van der Waals surface area contributed by atoms with Crippen LogP contribution in [-0.2, 0) is 11.9 Å². The number of aromatic nitrogens is 2. The van der Waals surface area contributed by atoms with Crippen LogP contribution in [0.3, 0.4) is 0 Å². The Morgan fingerprint density at radius 3 is 2.66 bits per heavy atom. The Hall–Kier alpha value is -2.34. The summed E-state index contributed by atoms with van der Waals surface area (Å²) in [5, 5.41) is 8.99. The summed E-state index contributed by atoms with van der Waals surface area (Å²) < 4.78 is 22.5. The molecule has 7 heteroatoms. The lowest BCUT2D eigenvalue weighted by Crippen LogP contribution is -2.14. The van der Waals surface area contributed by atoms with E-state index < -0.39 is 0 Å². The minimum absolute atomic E-state index is 0.213. The molecule has 0 atom stereocenters. The molecule has 0 aliphatic heterocycles. The third-order valence-corrected chi connectivity index (χ3v) is 5.37. The first-order valence-corrected chi connectivity index (χ1v) is 10.4. The predicted molar refractivity (Wildman–Crippen MR) is 114 cm³/mol. The molecule has 1 aromatic carbocycles. The van der Waals surface area contributed by atoms with E-state index in [9.17, 15) is 4.39 Å². The first-order chi connectivity index (χ1) is 14.0. The van der Waals surface area contributed by atoms with Gasteiger partial charge < -0.3 is 9.57 Å². The van der Waals surface area contributed by atoms with E-state index in [4.69, 9.17) is 21.2 Å². The summed E-state index contributed by atoms with van der Waals surface area (Å²) in [5.74, 6) is 0.325. The van der Waals surface area contributed by atoms with E-state index in [2.05, 4.69) is 10.3 Å². The Bertz CT molecular complexity index is 884. The van der Waals surface area contributed by atoms with Crippen molar-refractivity contribution in [2.45, 2.75) is 52.1 Å². The zero-order chi connectivity index (χ0) is 20.8. The monoisotopic (exact) mass is 419 g/mol. The lowest BCUT2D eigenvalue weighted by atomic mass is 10.0. The molecule has 0 saturated heterocycles. The summed E-state index contributed by atoms with van der Waals surface area (Å²) in [6, 6.07) is 7.09. The fraction of sp³-hybridized carbons (Fsp3) is 0.455. The van der Waals surface area contributed by atoms with Crippen LogP contribution in [-0.4, -0.2) is 28.7 Å². The van der Waals surface area contributed by atoms with Crippen LogP contribution in [0, 0.1) is 6.92 Å². The maximum absolute atomic E-state index is 14.6. The van der Waals surface area contributed by atoms with Crippen LogP contribution in [0.1, 0.15) is 55.8 Å². The van der Waals surface area contributed by atoms with Crippen LogP contribution < -0.4 is 4.74 Å². The largest absolute Gasteiger partial charge is 0.474 e. The van der Waals surface area contributed by atoms with E-state index in [-0.39, 0.29) is 18.5 Å². The molecule has 1 heterocycles. The minimum Gasteiger partial charge on any atom is -0.474 e. The molecule has 0 amide bonds. The number of oxime groups is 1. The predicted octanol–water partition coefficient (Wildman–Crippen LogP) is 5.84. The van der Waals surface area contributed by atoms with Crippen LogP contribution in [0.25, 0.3) is 5.57 Å². The summed E-state index contributed by atoms with van der Waals surface area (Å²) in [6.07, 6.45) is 6.79. The molecule has 0 N–H and O–H groups in total. The first kappa shape index (κ1) is 21.4. The maximum atomic E-state index is 14.6. The third kappa shape index (κ3) is 5.38. The molecule has 29 heavy (non-hydrogen) atoms.